The zero-order chi connectivity index (χ0) is 20.1. The second kappa shape index (κ2) is 8.62. The maximum atomic E-state index is 12.8. The first-order valence-corrected chi connectivity index (χ1v) is 10.3. The Hall–Kier alpha value is -2.92. The SMILES string of the molecule is O=C(CC1C(=O)NCCN1C/C=C/c1ccccc1)NC1(c2ccccc2)CC1. The summed E-state index contributed by atoms with van der Waals surface area (Å²) in [6.45, 7) is 2.00. The first-order valence-electron chi connectivity index (χ1n) is 10.3. The molecule has 2 N–H and O–H groups in total. The minimum Gasteiger partial charge on any atom is -0.353 e. The first kappa shape index (κ1) is 19.4. The number of hydrogen-bond donors (Lipinski definition) is 2. The van der Waals surface area contributed by atoms with Crippen LogP contribution in [0.1, 0.15) is 30.4 Å². The Kier molecular flexibility index (Phi) is 5.76. The Morgan fingerprint density at radius 1 is 1.10 bits per heavy atom. The van der Waals surface area contributed by atoms with Crippen molar-refractivity contribution in [2.45, 2.75) is 30.8 Å². The van der Waals surface area contributed by atoms with Crippen LogP contribution in [0.15, 0.2) is 66.7 Å². The normalized spacial score (nSPS) is 21.0. The molecule has 2 aliphatic rings. The lowest BCUT2D eigenvalue weighted by molar-refractivity contribution is -0.134. The van der Waals surface area contributed by atoms with Crippen molar-refractivity contribution in [2.24, 2.45) is 0 Å². The molecule has 0 bridgehead atoms. The Morgan fingerprint density at radius 2 is 1.79 bits per heavy atom. The molecule has 2 fully saturated rings. The van der Waals surface area contributed by atoms with Gasteiger partial charge in [0.1, 0.15) is 0 Å². The highest BCUT2D eigenvalue weighted by Gasteiger charge is 2.46. The lowest BCUT2D eigenvalue weighted by Gasteiger charge is -2.34. The van der Waals surface area contributed by atoms with E-state index in [4.69, 9.17) is 0 Å². The molecule has 1 saturated carbocycles. The molecular weight excluding hydrogens is 362 g/mol. The van der Waals surface area contributed by atoms with E-state index in [-0.39, 0.29) is 23.8 Å². The van der Waals surface area contributed by atoms with Gasteiger partial charge in [-0.3, -0.25) is 14.5 Å². The molecule has 5 nitrogen and oxygen atoms in total. The topological polar surface area (TPSA) is 61.4 Å². The molecule has 0 aromatic heterocycles. The molecule has 2 amide bonds. The number of benzene rings is 2. The van der Waals surface area contributed by atoms with Gasteiger partial charge in [0.2, 0.25) is 11.8 Å². The van der Waals surface area contributed by atoms with E-state index in [0.717, 1.165) is 30.5 Å². The summed E-state index contributed by atoms with van der Waals surface area (Å²) < 4.78 is 0. The molecule has 2 aromatic rings. The van der Waals surface area contributed by atoms with E-state index in [1.807, 2.05) is 48.5 Å². The van der Waals surface area contributed by atoms with Gasteiger partial charge in [0.05, 0.1) is 18.0 Å². The molecule has 4 rings (SSSR count). The van der Waals surface area contributed by atoms with Crippen molar-refractivity contribution in [1.82, 2.24) is 15.5 Å². The predicted molar refractivity (Wildman–Crippen MR) is 114 cm³/mol. The third-order valence-electron chi connectivity index (χ3n) is 5.73. The van der Waals surface area contributed by atoms with Crippen molar-refractivity contribution in [3.63, 3.8) is 0 Å². The molecule has 150 valence electrons. The lowest BCUT2D eigenvalue weighted by atomic mass is 10.0. The summed E-state index contributed by atoms with van der Waals surface area (Å²) in [7, 11) is 0. The van der Waals surface area contributed by atoms with Crippen molar-refractivity contribution in [1.29, 1.82) is 0 Å². The minimum absolute atomic E-state index is 0.0644. The number of rotatable bonds is 7. The fourth-order valence-electron chi connectivity index (χ4n) is 3.95. The standard InChI is InChI=1S/C24H27N3O2/c28-22(26-24(13-14-24)20-11-5-2-6-12-20)18-21-23(29)25-15-17-27(21)16-7-10-19-8-3-1-4-9-19/h1-12,21H,13-18H2,(H,25,29)(H,26,28)/b10-7+. The molecule has 1 aliphatic carbocycles. The monoisotopic (exact) mass is 389 g/mol. The summed E-state index contributed by atoms with van der Waals surface area (Å²) in [5.41, 5.74) is 2.02. The van der Waals surface area contributed by atoms with Gasteiger partial charge in [-0.1, -0.05) is 72.8 Å². The van der Waals surface area contributed by atoms with Gasteiger partial charge in [-0.05, 0) is 24.0 Å². The van der Waals surface area contributed by atoms with Crippen molar-refractivity contribution >= 4 is 17.9 Å². The average Bonchev–Trinajstić information content (AvgIpc) is 3.52. The molecule has 5 heteroatoms. The zero-order valence-corrected chi connectivity index (χ0v) is 16.5. The van der Waals surface area contributed by atoms with Crippen LogP contribution in [-0.4, -0.2) is 42.4 Å². The number of carbonyl (C=O) groups is 2. The van der Waals surface area contributed by atoms with Crippen LogP contribution < -0.4 is 10.6 Å². The van der Waals surface area contributed by atoms with Crippen molar-refractivity contribution in [3.8, 4) is 0 Å². The summed E-state index contributed by atoms with van der Waals surface area (Å²) in [5.74, 6) is -0.130. The van der Waals surface area contributed by atoms with Crippen molar-refractivity contribution in [3.05, 3.63) is 77.9 Å². The Bertz CT molecular complexity index is 876. The van der Waals surface area contributed by atoms with E-state index in [1.54, 1.807) is 0 Å². The van der Waals surface area contributed by atoms with Crippen molar-refractivity contribution in [2.75, 3.05) is 19.6 Å². The molecule has 1 saturated heterocycles. The summed E-state index contributed by atoms with van der Waals surface area (Å²) in [5, 5.41) is 6.09. The van der Waals surface area contributed by atoms with Crippen LogP contribution in [0.4, 0.5) is 0 Å². The van der Waals surface area contributed by atoms with Gasteiger partial charge >= 0.3 is 0 Å². The number of carbonyl (C=O) groups excluding carboxylic acids is 2. The highest BCUT2D eigenvalue weighted by Crippen LogP contribution is 2.45. The fourth-order valence-corrected chi connectivity index (χ4v) is 3.95. The highest BCUT2D eigenvalue weighted by molar-refractivity contribution is 5.89. The number of piperazine rings is 1. The molecule has 29 heavy (non-hydrogen) atoms. The molecular formula is C24H27N3O2. The Labute approximate surface area is 171 Å². The summed E-state index contributed by atoms with van der Waals surface area (Å²) in [6.07, 6.45) is 6.19. The van der Waals surface area contributed by atoms with Gasteiger partial charge in [0.25, 0.3) is 0 Å². The van der Waals surface area contributed by atoms with Crippen LogP contribution in [-0.2, 0) is 15.1 Å². The van der Waals surface area contributed by atoms with E-state index in [0.29, 0.717) is 13.1 Å². The second-order valence-electron chi connectivity index (χ2n) is 7.82. The highest BCUT2D eigenvalue weighted by atomic mass is 16.2. The minimum atomic E-state index is -0.434. The van der Waals surface area contributed by atoms with Crippen LogP contribution in [0, 0.1) is 0 Å². The van der Waals surface area contributed by atoms with Crippen molar-refractivity contribution < 1.29 is 9.59 Å². The molecule has 0 radical (unpaired) electrons. The predicted octanol–water partition coefficient (Wildman–Crippen LogP) is 2.70. The van der Waals surface area contributed by atoms with E-state index in [2.05, 4.69) is 39.8 Å². The third kappa shape index (κ3) is 4.74. The van der Waals surface area contributed by atoms with Gasteiger partial charge in [0, 0.05) is 19.6 Å². The van der Waals surface area contributed by atoms with Gasteiger partial charge in [-0.25, -0.2) is 0 Å². The Morgan fingerprint density at radius 3 is 2.48 bits per heavy atom. The van der Waals surface area contributed by atoms with Crippen LogP contribution in [0.3, 0.4) is 0 Å². The van der Waals surface area contributed by atoms with Crippen LogP contribution >= 0.6 is 0 Å². The number of nitrogens with one attached hydrogen (secondary N) is 2. The molecule has 2 aromatic carbocycles. The fraction of sp³-hybridized carbons (Fsp3) is 0.333. The van der Waals surface area contributed by atoms with Crippen LogP contribution in [0.25, 0.3) is 6.08 Å². The molecule has 1 aliphatic heterocycles. The van der Waals surface area contributed by atoms with Crippen LogP contribution in [0.2, 0.25) is 0 Å². The molecule has 0 spiro atoms. The molecule has 1 heterocycles. The molecule has 1 unspecified atom stereocenters. The maximum absolute atomic E-state index is 12.8. The lowest BCUT2D eigenvalue weighted by Crippen LogP contribution is -2.56. The van der Waals surface area contributed by atoms with Gasteiger partial charge in [-0.2, -0.15) is 0 Å². The summed E-state index contributed by atoms with van der Waals surface area (Å²) >= 11 is 0. The van der Waals surface area contributed by atoms with Gasteiger partial charge in [-0.15, -0.1) is 0 Å². The van der Waals surface area contributed by atoms with E-state index in [9.17, 15) is 9.59 Å². The van der Waals surface area contributed by atoms with Gasteiger partial charge < -0.3 is 10.6 Å². The average molecular weight is 389 g/mol. The number of amides is 2. The van der Waals surface area contributed by atoms with E-state index < -0.39 is 6.04 Å². The zero-order valence-electron chi connectivity index (χ0n) is 16.5. The maximum Gasteiger partial charge on any atom is 0.237 e. The largest absolute Gasteiger partial charge is 0.353 e. The number of hydrogen-bond acceptors (Lipinski definition) is 3. The summed E-state index contributed by atoms with van der Waals surface area (Å²) in [4.78, 5) is 27.3. The van der Waals surface area contributed by atoms with Crippen LogP contribution in [0.5, 0.6) is 0 Å². The quantitative estimate of drug-likeness (QED) is 0.765. The third-order valence-corrected chi connectivity index (χ3v) is 5.73. The number of nitrogens with zero attached hydrogens (tertiary/aromatic N) is 1. The van der Waals surface area contributed by atoms with E-state index >= 15 is 0 Å². The van der Waals surface area contributed by atoms with E-state index in [1.165, 1.54) is 0 Å². The summed E-state index contributed by atoms with van der Waals surface area (Å²) in [6, 6.07) is 19.7. The first-order chi connectivity index (χ1) is 14.2. The Balaban J connectivity index is 1.38. The molecule has 1 atom stereocenters. The second-order valence-corrected chi connectivity index (χ2v) is 7.82. The smallest absolute Gasteiger partial charge is 0.237 e. The van der Waals surface area contributed by atoms with Gasteiger partial charge in [0.15, 0.2) is 0 Å².